The fourth-order valence-corrected chi connectivity index (χ4v) is 5.74. The molecule has 0 spiro atoms. The van der Waals surface area contributed by atoms with Gasteiger partial charge in [0.1, 0.15) is 0 Å². The Labute approximate surface area is 205 Å². The van der Waals surface area contributed by atoms with Gasteiger partial charge in [-0.1, -0.05) is 58.6 Å². The molecular formula is C28H46O6. The molecule has 0 aromatic carbocycles. The van der Waals surface area contributed by atoms with Gasteiger partial charge in [0.25, 0.3) is 0 Å². The van der Waals surface area contributed by atoms with E-state index in [-0.39, 0.29) is 30.3 Å². The zero-order valence-corrected chi connectivity index (χ0v) is 21.1. The highest BCUT2D eigenvalue weighted by Crippen LogP contribution is 2.43. The minimum atomic E-state index is -0.622. The summed E-state index contributed by atoms with van der Waals surface area (Å²) in [6, 6.07) is 0. The summed E-state index contributed by atoms with van der Waals surface area (Å²) in [7, 11) is 0. The SMILES string of the molecule is C=C(CO)C(=O)OCC(COC(=O)C(=C)CO)C1CCC(C2CCC(CCCCC)CC2)CC1. The van der Waals surface area contributed by atoms with E-state index in [2.05, 4.69) is 20.1 Å². The van der Waals surface area contributed by atoms with Crippen LogP contribution in [0.15, 0.2) is 24.3 Å². The zero-order valence-electron chi connectivity index (χ0n) is 21.1. The fourth-order valence-electron chi connectivity index (χ4n) is 5.74. The molecule has 0 bridgehead atoms. The lowest BCUT2D eigenvalue weighted by molar-refractivity contribution is -0.146. The number of rotatable bonds is 14. The predicted molar refractivity (Wildman–Crippen MR) is 133 cm³/mol. The molecule has 6 heteroatoms. The van der Waals surface area contributed by atoms with E-state index in [4.69, 9.17) is 19.7 Å². The van der Waals surface area contributed by atoms with E-state index in [1.54, 1.807) is 0 Å². The van der Waals surface area contributed by atoms with Crippen LogP contribution in [0.25, 0.3) is 0 Å². The molecule has 2 N–H and O–H groups in total. The van der Waals surface area contributed by atoms with E-state index in [1.807, 2.05) is 0 Å². The van der Waals surface area contributed by atoms with Gasteiger partial charge in [0.05, 0.1) is 37.6 Å². The molecule has 2 aliphatic rings. The molecule has 6 nitrogen and oxygen atoms in total. The van der Waals surface area contributed by atoms with Crippen molar-refractivity contribution in [3.8, 4) is 0 Å². The molecule has 2 saturated carbocycles. The van der Waals surface area contributed by atoms with Crippen molar-refractivity contribution < 1.29 is 29.3 Å². The lowest BCUT2D eigenvalue weighted by Crippen LogP contribution is -2.33. The van der Waals surface area contributed by atoms with Crippen LogP contribution in [0.4, 0.5) is 0 Å². The number of ether oxygens (including phenoxy) is 2. The summed E-state index contributed by atoms with van der Waals surface area (Å²) in [6.07, 6.45) is 15.3. The topological polar surface area (TPSA) is 93.1 Å². The first kappa shape index (κ1) is 28.6. The van der Waals surface area contributed by atoms with Crippen LogP contribution < -0.4 is 0 Å². The van der Waals surface area contributed by atoms with E-state index >= 15 is 0 Å². The number of carbonyl (C=O) groups is 2. The summed E-state index contributed by atoms with van der Waals surface area (Å²) in [5, 5.41) is 18.2. The Morgan fingerprint density at radius 1 is 0.794 bits per heavy atom. The second-order valence-electron chi connectivity index (χ2n) is 10.4. The minimum Gasteiger partial charge on any atom is -0.462 e. The molecule has 34 heavy (non-hydrogen) atoms. The van der Waals surface area contributed by atoms with Crippen LogP contribution in [-0.2, 0) is 19.1 Å². The summed E-state index contributed by atoms with van der Waals surface area (Å²) >= 11 is 0. The highest BCUT2D eigenvalue weighted by Gasteiger charge is 2.34. The highest BCUT2D eigenvalue weighted by atomic mass is 16.5. The van der Waals surface area contributed by atoms with Gasteiger partial charge < -0.3 is 19.7 Å². The van der Waals surface area contributed by atoms with Gasteiger partial charge in [-0.2, -0.15) is 0 Å². The molecule has 2 fully saturated rings. The summed E-state index contributed by atoms with van der Waals surface area (Å²) in [5.74, 6) is 1.45. The Morgan fingerprint density at radius 3 is 1.71 bits per heavy atom. The third-order valence-electron chi connectivity index (χ3n) is 8.07. The molecule has 194 valence electrons. The maximum absolute atomic E-state index is 12.0. The summed E-state index contributed by atoms with van der Waals surface area (Å²) in [6.45, 7) is 8.64. The van der Waals surface area contributed by atoms with Crippen LogP contribution in [0.3, 0.4) is 0 Å². The average molecular weight is 479 g/mol. The number of esters is 2. The Morgan fingerprint density at radius 2 is 1.26 bits per heavy atom. The molecule has 0 amide bonds. The minimum absolute atomic E-state index is 0.0124. The van der Waals surface area contributed by atoms with Crippen molar-refractivity contribution in [1.82, 2.24) is 0 Å². The van der Waals surface area contributed by atoms with Gasteiger partial charge in [-0.15, -0.1) is 0 Å². The van der Waals surface area contributed by atoms with Gasteiger partial charge in [-0.3, -0.25) is 0 Å². The van der Waals surface area contributed by atoms with E-state index in [0.717, 1.165) is 30.6 Å². The lowest BCUT2D eigenvalue weighted by atomic mass is 9.67. The van der Waals surface area contributed by atoms with E-state index in [0.29, 0.717) is 5.92 Å². The van der Waals surface area contributed by atoms with Crippen LogP contribution in [0.5, 0.6) is 0 Å². The van der Waals surface area contributed by atoms with Gasteiger partial charge in [0, 0.05) is 5.92 Å². The van der Waals surface area contributed by atoms with E-state index in [1.165, 1.54) is 64.2 Å². The Balaban J connectivity index is 1.84. The molecule has 0 aromatic heterocycles. The Hall–Kier alpha value is -1.66. The summed E-state index contributed by atoms with van der Waals surface area (Å²) in [4.78, 5) is 24.0. The number of aliphatic hydroxyl groups excluding tert-OH is 2. The normalized spacial score (nSPS) is 25.1. The third-order valence-corrected chi connectivity index (χ3v) is 8.07. The molecule has 0 radical (unpaired) electrons. The standard InChI is InChI=1S/C28H46O6/c1-4-5-6-7-22-8-10-23(11-9-22)24-12-14-25(15-13-24)26(18-33-27(31)20(2)16-29)19-34-28(32)21(3)17-30/h22-26,29-30H,2-19H2,1H3. The molecule has 0 heterocycles. The quantitative estimate of drug-likeness (QED) is 0.208. The summed E-state index contributed by atoms with van der Waals surface area (Å²) < 4.78 is 10.7. The second-order valence-corrected chi connectivity index (χ2v) is 10.4. The van der Waals surface area contributed by atoms with Crippen LogP contribution in [-0.4, -0.2) is 48.6 Å². The Kier molecular flexibility index (Phi) is 12.9. The molecule has 0 saturated heterocycles. The van der Waals surface area contributed by atoms with Crippen molar-refractivity contribution in [2.24, 2.45) is 29.6 Å². The van der Waals surface area contributed by atoms with Crippen molar-refractivity contribution in [3.63, 3.8) is 0 Å². The number of carbonyl (C=O) groups excluding carboxylic acids is 2. The van der Waals surface area contributed by atoms with Crippen molar-refractivity contribution in [3.05, 3.63) is 24.3 Å². The van der Waals surface area contributed by atoms with Gasteiger partial charge >= 0.3 is 11.9 Å². The number of hydrogen-bond acceptors (Lipinski definition) is 6. The Bertz CT molecular complexity index is 624. The third kappa shape index (κ3) is 9.18. The molecule has 0 unspecified atom stereocenters. The average Bonchev–Trinajstić information content (AvgIpc) is 2.88. The number of hydrogen-bond donors (Lipinski definition) is 2. The monoisotopic (exact) mass is 478 g/mol. The zero-order chi connectivity index (χ0) is 24.9. The number of unbranched alkanes of at least 4 members (excludes halogenated alkanes) is 2. The highest BCUT2D eigenvalue weighted by molar-refractivity contribution is 5.88. The molecule has 0 atom stereocenters. The maximum Gasteiger partial charge on any atom is 0.335 e. The second kappa shape index (κ2) is 15.4. The van der Waals surface area contributed by atoms with Crippen LogP contribution in [0.2, 0.25) is 0 Å². The van der Waals surface area contributed by atoms with Gasteiger partial charge in [0.15, 0.2) is 0 Å². The lowest BCUT2D eigenvalue weighted by Gasteiger charge is -2.39. The van der Waals surface area contributed by atoms with Crippen molar-refractivity contribution in [1.29, 1.82) is 0 Å². The van der Waals surface area contributed by atoms with Gasteiger partial charge in [0.2, 0.25) is 0 Å². The van der Waals surface area contributed by atoms with Gasteiger partial charge in [-0.25, -0.2) is 9.59 Å². The molecular weight excluding hydrogens is 432 g/mol. The van der Waals surface area contributed by atoms with Gasteiger partial charge in [-0.05, 0) is 62.2 Å². The predicted octanol–water partition coefficient (Wildman–Crippen LogP) is 4.98. The van der Waals surface area contributed by atoms with E-state index in [9.17, 15) is 9.59 Å². The van der Waals surface area contributed by atoms with E-state index < -0.39 is 25.2 Å². The van der Waals surface area contributed by atoms with Crippen molar-refractivity contribution in [2.75, 3.05) is 26.4 Å². The first-order chi connectivity index (χ1) is 16.4. The fraction of sp³-hybridized carbons (Fsp3) is 0.786. The molecule has 0 aliphatic heterocycles. The first-order valence-electron chi connectivity index (χ1n) is 13.3. The number of aliphatic hydroxyl groups is 2. The van der Waals surface area contributed by atoms with Crippen LogP contribution in [0.1, 0.15) is 84.0 Å². The van der Waals surface area contributed by atoms with Crippen LogP contribution in [0, 0.1) is 29.6 Å². The first-order valence-corrected chi connectivity index (χ1v) is 13.3. The molecule has 2 aliphatic carbocycles. The van der Waals surface area contributed by atoms with Crippen molar-refractivity contribution in [2.45, 2.75) is 84.0 Å². The largest absolute Gasteiger partial charge is 0.462 e. The van der Waals surface area contributed by atoms with Crippen molar-refractivity contribution >= 4 is 11.9 Å². The maximum atomic E-state index is 12.0. The molecule has 0 aromatic rings. The summed E-state index contributed by atoms with van der Waals surface area (Å²) in [5.41, 5.74) is 0.0248. The smallest absolute Gasteiger partial charge is 0.335 e. The van der Waals surface area contributed by atoms with Crippen LogP contribution >= 0.6 is 0 Å². The molecule has 2 rings (SSSR count).